The minimum atomic E-state index is -0.480. The predicted octanol–water partition coefficient (Wildman–Crippen LogP) is 4.02. The Morgan fingerprint density at radius 2 is 2.07 bits per heavy atom. The molecule has 0 aromatic carbocycles. The van der Waals surface area contributed by atoms with Crippen molar-refractivity contribution in [3.63, 3.8) is 0 Å². The number of imide groups is 1. The second kappa shape index (κ2) is 9.09. The van der Waals surface area contributed by atoms with E-state index in [9.17, 15) is 9.59 Å². The molecule has 1 unspecified atom stereocenters. The van der Waals surface area contributed by atoms with Crippen molar-refractivity contribution in [2.45, 2.75) is 65.1 Å². The molecule has 3 amide bonds. The Morgan fingerprint density at radius 1 is 1.33 bits per heavy atom. The minimum absolute atomic E-state index is 0.0259. The molecular formula is C21H31N5O2S2. The predicted molar refractivity (Wildman–Crippen MR) is 122 cm³/mol. The molecule has 3 rings (SSSR count). The van der Waals surface area contributed by atoms with E-state index in [-0.39, 0.29) is 17.7 Å². The summed E-state index contributed by atoms with van der Waals surface area (Å²) in [4.78, 5) is 26.2. The van der Waals surface area contributed by atoms with E-state index < -0.39 is 6.03 Å². The summed E-state index contributed by atoms with van der Waals surface area (Å²) in [6.45, 7) is 10.7. The van der Waals surface area contributed by atoms with Crippen LogP contribution in [0.25, 0.3) is 10.7 Å². The van der Waals surface area contributed by atoms with Gasteiger partial charge in [-0.2, -0.15) is 0 Å². The fourth-order valence-electron chi connectivity index (χ4n) is 3.62. The summed E-state index contributed by atoms with van der Waals surface area (Å²) >= 11 is 3.07. The van der Waals surface area contributed by atoms with Crippen LogP contribution in [-0.4, -0.2) is 38.5 Å². The minimum Gasteiger partial charge on any atom is -0.336 e. The van der Waals surface area contributed by atoms with Crippen molar-refractivity contribution in [2.75, 3.05) is 5.75 Å². The first-order chi connectivity index (χ1) is 14.0. The van der Waals surface area contributed by atoms with Gasteiger partial charge in [0, 0.05) is 18.0 Å². The van der Waals surface area contributed by atoms with Gasteiger partial charge in [0.05, 0.1) is 10.6 Å². The topological polar surface area (TPSA) is 88.9 Å². The van der Waals surface area contributed by atoms with Gasteiger partial charge in [-0.1, -0.05) is 32.5 Å². The maximum Gasteiger partial charge on any atom is 0.321 e. The van der Waals surface area contributed by atoms with Gasteiger partial charge in [0.2, 0.25) is 5.91 Å². The van der Waals surface area contributed by atoms with Crippen molar-refractivity contribution in [3.05, 3.63) is 16.5 Å². The normalized spacial score (nSPS) is 16.4. The van der Waals surface area contributed by atoms with Crippen LogP contribution < -0.4 is 10.6 Å². The smallest absolute Gasteiger partial charge is 0.321 e. The first-order valence-electron chi connectivity index (χ1n) is 10.3. The van der Waals surface area contributed by atoms with Gasteiger partial charge in [-0.3, -0.25) is 10.1 Å². The Labute approximate surface area is 186 Å². The molecule has 9 heteroatoms. The molecule has 1 aliphatic rings. The molecule has 2 N–H and O–H groups in total. The zero-order valence-electron chi connectivity index (χ0n) is 18.5. The van der Waals surface area contributed by atoms with Gasteiger partial charge in [0.1, 0.15) is 0 Å². The third-order valence-electron chi connectivity index (χ3n) is 5.37. The van der Waals surface area contributed by atoms with Crippen LogP contribution in [0.4, 0.5) is 4.79 Å². The van der Waals surface area contributed by atoms with Gasteiger partial charge in [-0.05, 0) is 56.1 Å². The molecule has 0 bridgehead atoms. The largest absolute Gasteiger partial charge is 0.336 e. The number of nitrogens with one attached hydrogen (secondary N) is 2. The molecule has 2 aromatic rings. The van der Waals surface area contributed by atoms with Gasteiger partial charge in [0.15, 0.2) is 11.0 Å². The molecule has 0 radical (unpaired) electrons. The number of aryl methyl sites for hydroxylation is 1. The highest BCUT2D eigenvalue weighted by Gasteiger charge is 2.30. The lowest BCUT2D eigenvalue weighted by molar-refractivity contribution is -0.117. The van der Waals surface area contributed by atoms with Gasteiger partial charge in [-0.15, -0.1) is 21.5 Å². The number of fused-ring (bicyclic) bond motifs is 1. The monoisotopic (exact) mass is 449 g/mol. The number of urea groups is 1. The first kappa shape index (κ1) is 22.8. The molecule has 2 heterocycles. The van der Waals surface area contributed by atoms with E-state index in [1.54, 1.807) is 11.3 Å². The fraction of sp³-hybridized carbons (Fsp3) is 0.619. The van der Waals surface area contributed by atoms with Crippen molar-refractivity contribution in [3.8, 4) is 10.7 Å². The standard InChI is InChI=1S/C21H31N5O2S2/c1-12(2)22-19(28)23-17(27)11-29-20-25-24-18(26(20)6)16-10-13-9-14(21(3,4)5)7-8-15(13)30-16/h10,12,14H,7-9,11H2,1-6H3,(H2,22,23,27,28). The Balaban J connectivity index is 1.64. The van der Waals surface area contributed by atoms with E-state index in [0.717, 1.165) is 23.5 Å². The number of carbonyl (C=O) groups is 2. The molecular weight excluding hydrogens is 418 g/mol. The van der Waals surface area contributed by atoms with E-state index in [1.165, 1.54) is 28.6 Å². The van der Waals surface area contributed by atoms with E-state index >= 15 is 0 Å². The number of aromatic nitrogens is 3. The molecule has 164 valence electrons. The Bertz CT molecular complexity index is 926. The van der Waals surface area contributed by atoms with Crippen molar-refractivity contribution < 1.29 is 9.59 Å². The average Bonchev–Trinajstić information content (AvgIpc) is 3.20. The lowest BCUT2D eigenvalue weighted by Crippen LogP contribution is -2.43. The summed E-state index contributed by atoms with van der Waals surface area (Å²) in [5.74, 6) is 1.26. The first-order valence-corrected chi connectivity index (χ1v) is 12.1. The van der Waals surface area contributed by atoms with Gasteiger partial charge >= 0.3 is 6.03 Å². The number of thioether (sulfide) groups is 1. The van der Waals surface area contributed by atoms with E-state index in [4.69, 9.17) is 0 Å². The molecule has 7 nitrogen and oxygen atoms in total. The van der Waals surface area contributed by atoms with Crippen molar-refractivity contribution in [1.29, 1.82) is 0 Å². The number of rotatable bonds is 5. The van der Waals surface area contributed by atoms with Crippen LogP contribution in [0.1, 0.15) is 51.5 Å². The quantitative estimate of drug-likeness (QED) is 0.673. The number of hydrogen-bond donors (Lipinski definition) is 2. The van der Waals surface area contributed by atoms with Crippen LogP contribution in [0.15, 0.2) is 11.2 Å². The van der Waals surface area contributed by atoms with Gasteiger partial charge in [0.25, 0.3) is 0 Å². The van der Waals surface area contributed by atoms with Crippen LogP contribution in [0, 0.1) is 11.3 Å². The summed E-state index contributed by atoms with van der Waals surface area (Å²) < 4.78 is 1.92. The van der Waals surface area contributed by atoms with E-state index in [0.29, 0.717) is 16.5 Å². The van der Waals surface area contributed by atoms with Crippen LogP contribution >= 0.6 is 23.1 Å². The summed E-state index contributed by atoms with van der Waals surface area (Å²) in [7, 11) is 1.91. The molecule has 0 fully saturated rings. The number of hydrogen-bond acceptors (Lipinski definition) is 6. The second-order valence-electron chi connectivity index (χ2n) is 9.20. The lowest BCUT2D eigenvalue weighted by Gasteiger charge is -2.33. The Kier molecular flexibility index (Phi) is 6.91. The Hall–Kier alpha value is -1.87. The Morgan fingerprint density at radius 3 is 2.73 bits per heavy atom. The molecule has 1 atom stereocenters. The maximum absolute atomic E-state index is 12.0. The summed E-state index contributed by atoms with van der Waals surface area (Å²) in [6, 6.07) is 1.76. The molecule has 0 aliphatic heterocycles. The van der Waals surface area contributed by atoms with Gasteiger partial charge < -0.3 is 9.88 Å². The second-order valence-corrected chi connectivity index (χ2v) is 11.3. The average molecular weight is 450 g/mol. The molecule has 2 aromatic heterocycles. The summed E-state index contributed by atoms with van der Waals surface area (Å²) in [6.07, 6.45) is 3.48. The number of carbonyl (C=O) groups excluding carboxylic acids is 2. The molecule has 30 heavy (non-hydrogen) atoms. The van der Waals surface area contributed by atoms with E-state index in [2.05, 4.69) is 47.7 Å². The van der Waals surface area contributed by atoms with Crippen LogP contribution in [-0.2, 0) is 24.7 Å². The van der Waals surface area contributed by atoms with Crippen LogP contribution in [0.3, 0.4) is 0 Å². The molecule has 0 saturated heterocycles. The highest BCUT2D eigenvalue weighted by atomic mass is 32.2. The van der Waals surface area contributed by atoms with Crippen LogP contribution in [0.5, 0.6) is 0 Å². The third kappa shape index (κ3) is 5.43. The van der Waals surface area contributed by atoms with Gasteiger partial charge in [-0.25, -0.2) is 4.79 Å². The fourth-order valence-corrected chi connectivity index (χ4v) is 5.56. The summed E-state index contributed by atoms with van der Waals surface area (Å²) in [5.41, 5.74) is 1.76. The van der Waals surface area contributed by atoms with Crippen LogP contribution in [0.2, 0.25) is 0 Å². The third-order valence-corrected chi connectivity index (χ3v) is 7.62. The van der Waals surface area contributed by atoms with E-state index in [1.807, 2.05) is 25.5 Å². The molecule has 1 aliphatic carbocycles. The van der Waals surface area contributed by atoms with Crippen molar-refractivity contribution in [2.24, 2.45) is 18.4 Å². The molecule has 0 spiro atoms. The number of nitrogens with zero attached hydrogens (tertiary/aromatic N) is 3. The highest BCUT2D eigenvalue weighted by molar-refractivity contribution is 7.99. The SMILES string of the molecule is CC(C)NC(=O)NC(=O)CSc1nnc(-c2cc3c(s2)CCC(C(C)(C)C)C3)n1C. The summed E-state index contributed by atoms with van der Waals surface area (Å²) in [5, 5.41) is 14.2. The zero-order chi connectivity index (χ0) is 22.1. The number of amides is 3. The lowest BCUT2D eigenvalue weighted by atomic mass is 9.72. The number of thiophene rings is 1. The van der Waals surface area contributed by atoms with Crippen molar-refractivity contribution >= 4 is 35.0 Å². The maximum atomic E-state index is 12.0. The van der Waals surface area contributed by atoms with Crippen molar-refractivity contribution in [1.82, 2.24) is 25.4 Å². The zero-order valence-corrected chi connectivity index (χ0v) is 20.2. The highest BCUT2D eigenvalue weighted by Crippen LogP contribution is 2.42. The molecule has 0 saturated carbocycles.